The summed E-state index contributed by atoms with van der Waals surface area (Å²) in [6.45, 7) is -0.176. The molecule has 28 heavy (non-hydrogen) atoms. The molecule has 0 saturated heterocycles. The van der Waals surface area contributed by atoms with E-state index in [-0.39, 0.29) is 31.3 Å². The summed E-state index contributed by atoms with van der Waals surface area (Å²) in [7, 11) is 1.58. The van der Waals surface area contributed by atoms with Crippen LogP contribution >= 0.6 is 0 Å². The van der Waals surface area contributed by atoms with E-state index in [1.54, 1.807) is 49.6 Å². The SMILES string of the molecule is COc1ccc(OCCC(=O)OCC(=O)c2ccc3c(c2)CCC(=O)N3)cc1. The lowest BCUT2D eigenvalue weighted by Crippen LogP contribution is -2.20. The Hall–Kier alpha value is -3.35. The average molecular weight is 383 g/mol. The molecule has 0 spiro atoms. The number of hydrogen-bond acceptors (Lipinski definition) is 6. The molecule has 0 unspecified atom stereocenters. The quantitative estimate of drug-likeness (QED) is 0.557. The zero-order valence-electron chi connectivity index (χ0n) is 15.5. The number of fused-ring (bicyclic) bond motifs is 1. The van der Waals surface area contributed by atoms with Crippen molar-refractivity contribution < 1.29 is 28.6 Å². The van der Waals surface area contributed by atoms with Crippen molar-refractivity contribution in [2.75, 3.05) is 25.6 Å². The largest absolute Gasteiger partial charge is 0.497 e. The van der Waals surface area contributed by atoms with Crippen LogP contribution in [0, 0.1) is 0 Å². The maximum atomic E-state index is 12.2. The number of ketones is 1. The zero-order valence-corrected chi connectivity index (χ0v) is 15.5. The van der Waals surface area contributed by atoms with Gasteiger partial charge in [-0.15, -0.1) is 0 Å². The molecule has 7 heteroatoms. The Morgan fingerprint density at radius 2 is 1.79 bits per heavy atom. The monoisotopic (exact) mass is 383 g/mol. The van der Waals surface area contributed by atoms with E-state index in [4.69, 9.17) is 14.2 Å². The first kappa shape index (κ1) is 19.4. The minimum atomic E-state index is -0.507. The van der Waals surface area contributed by atoms with Crippen LogP contribution < -0.4 is 14.8 Å². The van der Waals surface area contributed by atoms with Gasteiger partial charge >= 0.3 is 5.97 Å². The Bertz CT molecular complexity index is 875. The maximum absolute atomic E-state index is 12.2. The van der Waals surface area contributed by atoms with Gasteiger partial charge in [0.1, 0.15) is 11.5 Å². The fourth-order valence-electron chi connectivity index (χ4n) is 2.78. The topological polar surface area (TPSA) is 90.9 Å². The standard InChI is InChI=1S/C21H21NO6/c1-26-16-4-6-17(7-5-16)27-11-10-21(25)28-13-19(23)15-2-8-18-14(12-15)3-9-20(24)22-18/h2,4-8,12H,3,9-11,13H2,1H3,(H,22,24). The first-order valence-electron chi connectivity index (χ1n) is 8.93. The molecule has 0 aromatic heterocycles. The van der Waals surface area contributed by atoms with Gasteiger partial charge in [0.25, 0.3) is 0 Å². The van der Waals surface area contributed by atoms with Crippen LogP contribution in [-0.2, 0) is 20.7 Å². The van der Waals surface area contributed by atoms with Gasteiger partial charge in [0.05, 0.1) is 20.1 Å². The zero-order chi connectivity index (χ0) is 19.9. The predicted molar refractivity (Wildman–Crippen MR) is 102 cm³/mol. The molecule has 1 aliphatic heterocycles. The van der Waals surface area contributed by atoms with Gasteiger partial charge in [-0.25, -0.2) is 0 Å². The first-order chi connectivity index (χ1) is 13.5. The number of nitrogens with one attached hydrogen (secondary N) is 1. The Labute approximate surface area is 162 Å². The Balaban J connectivity index is 1.42. The molecule has 2 aromatic carbocycles. The van der Waals surface area contributed by atoms with Crippen LogP contribution in [0.15, 0.2) is 42.5 Å². The number of carbonyl (C=O) groups excluding carboxylic acids is 3. The number of Topliss-reactive ketones (excluding diaryl/α,β-unsaturated/α-hetero) is 1. The molecule has 0 radical (unpaired) electrons. The van der Waals surface area contributed by atoms with Gasteiger partial charge in [0.15, 0.2) is 12.4 Å². The maximum Gasteiger partial charge on any atom is 0.309 e. The van der Waals surface area contributed by atoms with Crippen molar-refractivity contribution in [3.63, 3.8) is 0 Å². The van der Waals surface area contributed by atoms with E-state index < -0.39 is 5.97 Å². The Morgan fingerprint density at radius 1 is 1.04 bits per heavy atom. The minimum Gasteiger partial charge on any atom is -0.497 e. The number of methoxy groups -OCH3 is 1. The molecule has 0 bridgehead atoms. The Kier molecular flexibility index (Phi) is 6.26. The molecule has 146 valence electrons. The average Bonchev–Trinajstić information content (AvgIpc) is 2.72. The fourth-order valence-corrected chi connectivity index (χ4v) is 2.78. The molecule has 7 nitrogen and oxygen atoms in total. The molecule has 1 aliphatic rings. The van der Waals surface area contributed by atoms with Crippen molar-refractivity contribution in [3.8, 4) is 11.5 Å². The fraction of sp³-hybridized carbons (Fsp3) is 0.286. The van der Waals surface area contributed by atoms with Crippen LogP contribution in [0.1, 0.15) is 28.8 Å². The summed E-state index contributed by atoms with van der Waals surface area (Å²) in [5, 5.41) is 2.76. The van der Waals surface area contributed by atoms with Crippen molar-refractivity contribution in [2.45, 2.75) is 19.3 Å². The van der Waals surface area contributed by atoms with E-state index in [2.05, 4.69) is 5.32 Å². The van der Waals surface area contributed by atoms with Crippen LogP contribution in [0.2, 0.25) is 0 Å². The molecule has 0 aliphatic carbocycles. The van der Waals surface area contributed by atoms with E-state index in [0.717, 1.165) is 17.0 Å². The van der Waals surface area contributed by atoms with Crippen LogP contribution in [0.3, 0.4) is 0 Å². The van der Waals surface area contributed by atoms with Gasteiger partial charge in [-0.2, -0.15) is 0 Å². The summed E-state index contributed by atoms with van der Waals surface area (Å²) in [5.41, 5.74) is 2.09. The minimum absolute atomic E-state index is 0.0302. The van der Waals surface area contributed by atoms with E-state index in [1.165, 1.54) is 0 Å². The lowest BCUT2D eigenvalue weighted by Gasteiger charge is -2.17. The number of rotatable bonds is 8. The highest BCUT2D eigenvalue weighted by molar-refractivity contribution is 6.00. The lowest BCUT2D eigenvalue weighted by atomic mass is 9.99. The molecule has 0 saturated carbocycles. The number of hydrogen-bond donors (Lipinski definition) is 1. The summed E-state index contributed by atoms with van der Waals surface area (Å²) in [5.74, 6) is 0.509. The third kappa shape index (κ3) is 5.09. The lowest BCUT2D eigenvalue weighted by molar-refractivity contribution is -0.143. The van der Waals surface area contributed by atoms with E-state index in [9.17, 15) is 14.4 Å². The summed E-state index contributed by atoms with van der Waals surface area (Å²) in [4.78, 5) is 35.4. The third-order valence-electron chi connectivity index (χ3n) is 4.32. The number of esters is 1. The summed E-state index contributed by atoms with van der Waals surface area (Å²) in [6, 6.07) is 12.1. The first-order valence-corrected chi connectivity index (χ1v) is 8.93. The highest BCUT2D eigenvalue weighted by Crippen LogP contribution is 2.23. The summed E-state index contributed by atoms with van der Waals surface area (Å²) >= 11 is 0. The second-order valence-electron chi connectivity index (χ2n) is 6.28. The van der Waals surface area contributed by atoms with E-state index in [1.807, 2.05) is 0 Å². The molecule has 1 heterocycles. The van der Waals surface area contributed by atoms with Gasteiger partial charge in [-0.1, -0.05) is 0 Å². The van der Waals surface area contributed by atoms with Gasteiger partial charge < -0.3 is 19.5 Å². The number of ether oxygens (including phenoxy) is 3. The highest BCUT2D eigenvalue weighted by Gasteiger charge is 2.17. The number of aryl methyl sites for hydroxylation is 1. The number of amides is 1. The van der Waals surface area contributed by atoms with Crippen LogP contribution in [0.4, 0.5) is 5.69 Å². The van der Waals surface area contributed by atoms with Gasteiger partial charge in [-0.05, 0) is 54.4 Å². The number of benzene rings is 2. The highest BCUT2D eigenvalue weighted by atomic mass is 16.5. The molecular weight excluding hydrogens is 362 g/mol. The van der Waals surface area contributed by atoms with Crippen molar-refractivity contribution in [1.82, 2.24) is 0 Å². The van der Waals surface area contributed by atoms with Crippen LogP contribution in [-0.4, -0.2) is 38.0 Å². The van der Waals surface area contributed by atoms with Gasteiger partial charge in [-0.3, -0.25) is 14.4 Å². The molecule has 0 atom stereocenters. The molecule has 2 aromatic rings. The smallest absolute Gasteiger partial charge is 0.309 e. The molecule has 3 rings (SSSR count). The normalized spacial score (nSPS) is 12.5. The molecule has 1 N–H and O–H groups in total. The van der Waals surface area contributed by atoms with Gasteiger partial charge in [0.2, 0.25) is 5.91 Å². The van der Waals surface area contributed by atoms with E-state index in [0.29, 0.717) is 24.2 Å². The third-order valence-corrected chi connectivity index (χ3v) is 4.32. The van der Waals surface area contributed by atoms with Crippen LogP contribution in [0.5, 0.6) is 11.5 Å². The number of anilines is 1. The molecular formula is C21H21NO6. The molecule has 1 amide bonds. The summed E-state index contributed by atoms with van der Waals surface area (Å²) < 4.78 is 15.6. The van der Waals surface area contributed by atoms with Crippen molar-refractivity contribution >= 4 is 23.3 Å². The second-order valence-corrected chi connectivity index (χ2v) is 6.28. The Morgan fingerprint density at radius 3 is 2.54 bits per heavy atom. The number of carbonyl (C=O) groups is 3. The van der Waals surface area contributed by atoms with Crippen molar-refractivity contribution in [1.29, 1.82) is 0 Å². The van der Waals surface area contributed by atoms with Gasteiger partial charge in [0, 0.05) is 17.7 Å². The van der Waals surface area contributed by atoms with E-state index >= 15 is 0 Å². The van der Waals surface area contributed by atoms with Crippen molar-refractivity contribution in [3.05, 3.63) is 53.6 Å². The summed E-state index contributed by atoms with van der Waals surface area (Å²) in [6.07, 6.45) is 1.02. The predicted octanol–water partition coefficient (Wildman–Crippen LogP) is 2.77. The molecule has 0 fully saturated rings. The second kappa shape index (κ2) is 9.03. The van der Waals surface area contributed by atoms with Crippen LogP contribution in [0.25, 0.3) is 0 Å². The van der Waals surface area contributed by atoms with Crippen molar-refractivity contribution in [2.24, 2.45) is 0 Å².